The number of nitrogens with one attached hydrogen (secondary N) is 1. The normalized spacial score (nSPS) is 35.7. The van der Waals surface area contributed by atoms with Crippen LogP contribution in [-0.2, 0) is 14.3 Å². The molecule has 3 fully saturated rings. The second-order valence-corrected chi connectivity index (χ2v) is 6.72. The number of rotatable bonds is 4. The first kappa shape index (κ1) is 14.8. The van der Waals surface area contributed by atoms with E-state index in [4.69, 9.17) is 4.74 Å². The molecule has 5 nitrogen and oxygen atoms in total. The molecule has 0 aromatic rings. The molecular formula is C16H26N2O3. The molecule has 0 bridgehead atoms. The molecule has 2 unspecified atom stereocenters. The van der Waals surface area contributed by atoms with Crippen LogP contribution in [0.5, 0.6) is 0 Å². The molecule has 2 atom stereocenters. The molecule has 118 valence electrons. The highest BCUT2D eigenvalue weighted by molar-refractivity contribution is 5.78. The highest BCUT2D eigenvalue weighted by atomic mass is 16.5. The van der Waals surface area contributed by atoms with Gasteiger partial charge in [-0.2, -0.15) is 0 Å². The molecular weight excluding hydrogens is 268 g/mol. The second kappa shape index (κ2) is 6.34. The number of carbonyl (C=O) groups is 2. The number of hydrogen-bond acceptors (Lipinski definition) is 3. The van der Waals surface area contributed by atoms with Gasteiger partial charge in [-0.1, -0.05) is 0 Å². The summed E-state index contributed by atoms with van der Waals surface area (Å²) >= 11 is 0. The maximum absolute atomic E-state index is 12.4. The predicted molar refractivity (Wildman–Crippen MR) is 78.6 cm³/mol. The van der Waals surface area contributed by atoms with Crippen LogP contribution in [0.3, 0.4) is 0 Å². The number of nitrogens with zero attached hydrogens (tertiary/aromatic N) is 1. The number of fused-ring (bicyclic) bond motifs is 1. The Kier molecular flexibility index (Phi) is 4.48. The van der Waals surface area contributed by atoms with E-state index >= 15 is 0 Å². The zero-order valence-corrected chi connectivity index (χ0v) is 12.8. The number of piperidine rings is 2. The first-order valence-corrected chi connectivity index (χ1v) is 8.34. The van der Waals surface area contributed by atoms with Gasteiger partial charge in [0.15, 0.2) is 0 Å². The van der Waals surface area contributed by atoms with Crippen molar-refractivity contribution < 1.29 is 14.3 Å². The fourth-order valence-corrected chi connectivity index (χ4v) is 3.93. The van der Waals surface area contributed by atoms with E-state index in [0.29, 0.717) is 42.7 Å². The summed E-state index contributed by atoms with van der Waals surface area (Å²) in [5.74, 6) is 1.44. The van der Waals surface area contributed by atoms with Crippen LogP contribution in [0.4, 0.5) is 0 Å². The number of amides is 2. The van der Waals surface area contributed by atoms with Crippen LogP contribution >= 0.6 is 0 Å². The van der Waals surface area contributed by atoms with Gasteiger partial charge in [-0.3, -0.25) is 9.59 Å². The molecule has 2 aliphatic heterocycles. The summed E-state index contributed by atoms with van der Waals surface area (Å²) in [6.07, 6.45) is 5.58. The van der Waals surface area contributed by atoms with Gasteiger partial charge in [-0.05, 0) is 44.4 Å². The highest BCUT2D eigenvalue weighted by Crippen LogP contribution is 2.34. The molecule has 1 saturated carbocycles. The van der Waals surface area contributed by atoms with Gasteiger partial charge in [-0.25, -0.2) is 0 Å². The zero-order chi connectivity index (χ0) is 14.8. The van der Waals surface area contributed by atoms with Crippen molar-refractivity contribution in [2.45, 2.75) is 57.6 Å². The van der Waals surface area contributed by atoms with Gasteiger partial charge in [0.1, 0.15) is 0 Å². The minimum absolute atomic E-state index is 0.174. The lowest BCUT2D eigenvalue weighted by Gasteiger charge is -2.42. The standard InChI is InChI=1S/C16H26N2O3/c1-2-21-13-7-11(8-13)9-16(20)18-6-5-14-12(10-18)3-4-15(19)17-14/h11-14H,2-10H2,1H3,(H,17,19). The van der Waals surface area contributed by atoms with E-state index in [1.807, 2.05) is 11.8 Å². The monoisotopic (exact) mass is 294 g/mol. The second-order valence-electron chi connectivity index (χ2n) is 6.72. The SMILES string of the molecule is CCOC1CC(CC(=O)N2CCC3NC(=O)CCC3C2)C1. The molecule has 3 rings (SSSR count). The minimum Gasteiger partial charge on any atom is -0.378 e. The third kappa shape index (κ3) is 3.39. The summed E-state index contributed by atoms with van der Waals surface area (Å²) in [5.41, 5.74) is 0. The first-order chi connectivity index (χ1) is 10.2. The van der Waals surface area contributed by atoms with E-state index in [9.17, 15) is 9.59 Å². The largest absolute Gasteiger partial charge is 0.378 e. The van der Waals surface area contributed by atoms with E-state index in [1.54, 1.807) is 0 Å². The Labute approximate surface area is 126 Å². The Balaban J connectivity index is 1.43. The minimum atomic E-state index is 0.174. The average Bonchev–Trinajstić information content (AvgIpc) is 2.44. The summed E-state index contributed by atoms with van der Waals surface area (Å²) < 4.78 is 5.55. The van der Waals surface area contributed by atoms with Crippen LogP contribution < -0.4 is 5.32 Å². The molecule has 5 heteroatoms. The molecule has 0 aromatic heterocycles. The van der Waals surface area contributed by atoms with Crippen molar-refractivity contribution in [3.8, 4) is 0 Å². The smallest absolute Gasteiger partial charge is 0.222 e. The van der Waals surface area contributed by atoms with E-state index in [-0.39, 0.29) is 5.91 Å². The molecule has 21 heavy (non-hydrogen) atoms. The van der Waals surface area contributed by atoms with Crippen molar-refractivity contribution in [2.75, 3.05) is 19.7 Å². The number of ether oxygens (including phenoxy) is 1. The van der Waals surface area contributed by atoms with Crippen molar-refractivity contribution >= 4 is 11.8 Å². The molecule has 0 aromatic carbocycles. The van der Waals surface area contributed by atoms with Crippen molar-refractivity contribution in [2.24, 2.45) is 11.8 Å². The zero-order valence-electron chi connectivity index (χ0n) is 12.8. The van der Waals surface area contributed by atoms with E-state index < -0.39 is 0 Å². The lowest BCUT2D eigenvalue weighted by atomic mass is 9.79. The van der Waals surface area contributed by atoms with Gasteiger partial charge in [0.2, 0.25) is 11.8 Å². The summed E-state index contributed by atoms with van der Waals surface area (Å²) in [6, 6.07) is 0.293. The summed E-state index contributed by atoms with van der Waals surface area (Å²) in [5, 5.41) is 3.07. The molecule has 3 aliphatic rings. The molecule has 0 radical (unpaired) electrons. The van der Waals surface area contributed by atoms with E-state index in [2.05, 4.69) is 5.32 Å². The van der Waals surface area contributed by atoms with Crippen molar-refractivity contribution in [1.82, 2.24) is 10.2 Å². The Bertz CT molecular complexity index is 406. The van der Waals surface area contributed by atoms with Crippen LogP contribution in [0.25, 0.3) is 0 Å². The van der Waals surface area contributed by atoms with Gasteiger partial charge >= 0.3 is 0 Å². The lowest BCUT2D eigenvalue weighted by Crippen LogP contribution is -2.55. The Morgan fingerprint density at radius 3 is 2.95 bits per heavy atom. The van der Waals surface area contributed by atoms with Gasteiger partial charge in [-0.15, -0.1) is 0 Å². The van der Waals surface area contributed by atoms with Crippen molar-refractivity contribution in [3.63, 3.8) is 0 Å². The third-order valence-corrected chi connectivity index (χ3v) is 5.23. The summed E-state index contributed by atoms with van der Waals surface area (Å²) in [4.78, 5) is 25.8. The fraction of sp³-hybridized carbons (Fsp3) is 0.875. The summed E-state index contributed by atoms with van der Waals surface area (Å²) in [6.45, 7) is 4.41. The molecule has 0 spiro atoms. The van der Waals surface area contributed by atoms with Crippen LogP contribution in [0, 0.1) is 11.8 Å². The number of likely N-dealkylation sites (tertiary alicyclic amines) is 1. The molecule has 1 aliphatic carbocycles. The van der Waals surface area contributed by atoms with Gasteiger partial charge < -0.3 is 15.0 Å². The number of hydrogen-bond donors (Lipinski definition) is 1. The number of carbonyl (C=O) groups excluding carboxylic acids is 2. The first-order valence-electron chi connectivity index (χ1n) is 8.34. The van der Waals surface area contributed by atoms with Gasteiger partial charge in [0.25, 0.3) is 0 Å². The van der Waals surface area contributed by atoms with Crippen LogP contribution in [0.2, 0.25) is 0 Å². The maximum atomic E-state index is 12.4. The topological polar surface area (TPSA) is 58.6 Å². The molecule has 1 N–H and O–H groups in total. The Hall–Kier alpha value is -1.10. The quantitative estimate of drug-likeness (QED) is 0.850. The van der Waals surface area contributed by atoms with Gasteiger partial charge in [0, 0.05) is 38.6 Å². The van der Waals surface area contributed by atoms with E-state index in [1.165, 1.54) is 0 Å². The maximum Gasteiger partial charge on any atom is 0.222 e. The Morgan fingerprint density at radius 2 is 2.19 bits per heavy atom. The molecule has 2 amide bonds. The predicted octanol–water partition coefficient (Wildman–Crippen LogP) is 1.32. The van der Waals surface area contributed by atoms with Crippen LogP contribution in [0.1, 0.15) is 45.4 Å². The van der Waals surface area contributed by atoms with Crippen molar-refractivity contribution in [3.05, 3.63) is 0 Å². The average molecular weight is 294 g/mol. The van der Waals surface area contributed by atoms with E-state index in [0.717, 1.165) is 45.4 Å². The fourth-order valence-electron chi connectivity index (χ4n) is 3.93. The summed E-state index contributed by atoms with van der Waals surface area (Å²) in [7, 11) is 0. The van der Waals surface area contributed by atoms with Crippen molar-refractivity contribution in [1.29, 1.82) is 0 Å². The Morgan fingerprint density at radius 1 is 1.38 bits per heavy atom. The van der Waals surface area contributed by atoms with Crippen LogP contribution in [-0.4, -0.2) is 48.6 Å². The van der Waals surface area contributed by atoms with Crippen LogP contribution in [0.15, 0.2) is 0 Å². The highest BCUT2D eigenvalue weighted by Gasteiger charge is 2.37. The third-order valence-electron chi connectivity index (χ3n) is 5.23. The molecule has 2 heterocycles. The lowest BCUT2D eigenvalue weighted by molar-refractivity contribution is -0.137. The van der Waals surface area contributed by atoms with Gasteiger partial charge in [0.05, 0.1) is 6.10 Å². The molecule has 2 saturated heterocycles.